The normalized spacial score (nSPS) is 11.1. The Labute approximate surface area is 177 Å². The maximum atomic E-state index is 12.2. The Morgan fingerprint density at radius 2 is 1.80 bits per heavy atom. The third kappa shape index (κ3) is 4.66. The Hall–Kier alpha value is -3.65. The number of benzene rings is 2. The molecular formula is C22H19N5O2S. The number of rotatable bonds is 7. The molecule has 0 aliphatic rings. The molecule has 0 atom stereocenters. The van der Waals surface area contributed by atoms with Crippen LogP contribution >= 0.6 is 11.8 Å². The van der Waals surface area contributed by atoms with Gasteiger partial charge >= 0.3 is 0 Å². The van der Waals surface area contributed by atoms with Gasteiger partial charge in [-0.05, 0) is 31.2 Å². The molecule has 7 nitrogen and oxygen atoms in total. The molecule has 150 valence electrons. The van der Waals surface area contributed by atoms with Crippen LogP contribution in [0.4, 0.5) is 0 Å². The lowest BCUT2D eigenvalue weighted by molar-refractivity contribution is -0.118. The molecule has 0 unspecified atom stereocenters. The molecule has 0 aliphatic heterocycles. The average Bonchev–Trinajstić information content (AvgIpc) is 3.39. The Bertz CT molecular complexity index is 1150. The lowest BCUT2D eigenvalue weighted by Crippen LogP contribution is -2.19. The van der Waals surface area contributed by atoms with E-state index in [0.717, 1.165) is 22.8 Å². The summed E-state index contributed by atoms with van der Waals surface area (Å²) in [7, 11) is 0. The summed E-state index contributed by atoms with van der Waals surface area (Å²) in [6.07, 6.45) is 1.47. The lowest BCUT2D eigenvalue weighted by atomic mass is 10.2. The molecular weight excluding hydrogens is 398 g/mol. The van der Waals surface area contributed by atoms with E-state index in [1.807, 2.05) is 78.2 Å². The van der Waals surface area contributed by atoms with Crippen LogP contribution in [-0.2, 0) is 4.79 Å². The zero-order valence-corrected chi connectivity index (χ0v) is 17.0. The van der Waals surface area contributed by atoms with Gasteiger partial charge in [-0.3, -0.25) is 9.36 Å². The largest absolute Gasteiger partial charge is 0.460 e. The van der Waals surface area contributed by atoms with E-state index in [1.165, 1.54) is 18.0 Å². The molecule has 0 spiro atoms. The summed E-state index contributed by atoms with van der Waals surface area (Å²) in [6, 6.07) is 23.3. The van der Waals surface area contributed by atoms with Gasteiger partial charge in [-0.25, -0.2) is 5.43 Å². The zero-order valence-electron chi connectivity index (χ0n) is 16.2. The molecule has 30 heavy (non-hydrogen) atoms. The van der Waals surface area contributed by atoms with Gasteiger partial charge < -0.3 is 4.42 Å². The molecule has 2 aromatic heterocycles. The van der Waals surface area contributed by atoms with E-state index < -0.39 is 0 Å². The van der Waals surface area contributed by atoms with Gasteiger partial charge in [-0.1, -0.05) is 60.3 Å². The molecule has 0 radical (unpaired) electrons. The summed E-state index contributed by atoms with van der Waals surface area (Å²) < 4.78 is 7.32. The number of hydrazone groups is 1. The van der Waals surface area contributed by atoms with Crippen molar-refractivity contribution in [2.75, 3.05) is 5.75 Å². The first-order valence-electron chi connectivity index (χ1n) is 9.28. The van der Waals surface area contributed by atoms with Crippen molar-refractivity contribution < 1.29 is 9.21 Å². The van der Waals surface area contributed by atoms with Crippen LogP contribution in [-0.4, -0.2) is 32.6 Å². The number of thioether (sulfide) groups is 1. The van der Waals surface area contributed by atoms with E-state index in [0.29, 0.717) is 10.9 Å². The zero-order chi connectivity index (χ0) is 20.8. The highest BCUT2D eigenvalue weighted by molar-refractivity contribution is 7.99. The number of amides is 1. The van der Waals surface area contributed by atoms with Crippen molar-refractivity contribution in [2.45, 2.75) is 12.1 Å². The van der Waals surface area contributed by atoms with Crippen LogP contribution in [0.1, 0.15) is 11.5 Å². The second kappa shape index (κ2) is 9.23. The molecule has 0 saturated heterocycles. The minimum Gasteiger partial charge on any atom is -0.460 e. The third-order valence-corrected chi connectivity index (χ3v) is 5.08. The van der Waals surface area contributed by atoms with Gasteiger partial charge in [0.05, 0.1) is 12.0 Å². The number of aryl methyl sites for hydroxylation is 1. The van der Waals surface area contributed by atoms with E-state index in [4.69, 9.17) is 4.42 Å². The van der Waals surface area contributed by atoms with Crippen molar-refractivity contribution in [1.29, 1.82) is 0 Å². The van der Waals surface area contributed by atoms with Gasteiger partial charge in [0.25, 0.3) is 5.91 Å². The van der Waals surface area contributed by atoms with Gasteiger partial charge in [-0.2, -0.15) is 5.10 Å². The predicted molar refractivity (Wildman–Crippen MR) is 117 cm³/mol. The van der Waals surface area contributed by atoms with Crippen LogP contribution in [0.2, 0.25) is 0 Å². The van der Waals surface area contributed by atoms with E-state index in [9.17, 15) is 4.79 Å². The Morgan fingerprint density at radius 1 is 1.07 bits per heavy atom. The fourth-order valence-corrected chi connectivity index (χ4v) is 3.54. The van der Waals surface area contributed by atoms with Crippen molar-refractivity contribution >= 4 is 23.9 Å². The minimum atomic E-state index is -0.247. The summed E-state index contributed by atoms with van der Waals surface area (Å²) in [5.74, 6) is 1.98. The fraction of sp³-hybridized carbons (Fsp3) is 0.0909. The van der Waals surface area contributed by atoms with Crippen molar-refractivity contribution in [3.8, 4) is 17.1 Å². The summed E-state index contributed by atoms with van der Waals surface area (Å²) in [5.41, 5.74) is 4.37. The van der Waals surface area contributed by atoms with E-state index in [1.54, 1.807) is 6.07 Å². The molecule has 4 aromatic rings. The van der Waals surface area contributed by atoms with Gasteiger partial charge in [0.15, 0.2) is 11.0 Å². The topological polar surface area (TPSA) is 85.3 Å². The second-order valence-corrected chi connectivity index (χ2v) is 7.32. The number of carbonyl (C=O) groups excluding carboxylic acids is 1. The van der Waals surface area contributed by atoms with Crippen LogP contribution in [0.5, 0.6) is 0 Å². The monoisotopic (exact) mass is 417 g/mol. The van der Waals surface area contributed by atoms with Crippen molar-refractivity contribution in [3.05, 3.63) is 84.3 Å². The Morgan fingerprint density at radius 3 is 2.50 bits per heavy atom. The Kier molecular flexibility index (Phi) is 6.05. The smallest absolute Gasteiger partial charge is 0.250 e. The first kappa shape index (κ1) is 19.7. The number of hydrogen-bond acceptors (Lipinski definition) is 6. The van der Waals surface area contributed by atoms with E-state index >= 15 is 0 Å². The first-order chi connectivity index (χ1) is 14.7. The van der Waals surface area contributed by atoms with Gasteiger partial charge in [-0.15, -0.1) is 10.2 Å². The molecule has 0 fully saturated rings. The van der Waals surface area contributed by atoms with Gasteiger partial charge in [0.1, 0.15) is 11.5 Å². The van der Waals surface area contributed by atoms with E-state index in [2.05, 4.69) is 20.7 Å². The molecule has 1 N–H and O–H groups in total. The molecule has 2 heterocycles. The van der Waals surface area contributed by atoms with Gasteiger partial charge in [0, 0.05) is 11.3 Å². The first-order valence-corrected chi connectivity index (χ1v) is 10.3. The lowest BCUT2D eigenvalue weighted by Gasteiger charge is -2.10. The Balaban J connectivity index is 1.49. The highest BCUT2D eigenvalue weighted by atomic mass is 32.2. The van der Waals surface area contributed by atoms with Crippen LogP contribution in [0.3, 0.4) is 0 Å². The number of nitrogens with zero attached hydrogens (tertiary/aromatic N) is 4. The molecule has 2 aromatic carbocycles. The third-order valence-electron chi connectivity index (χ3n) is 4.15. The highest BCUT2D eigenvalue weighted by Crippen LogP contribution is 2.27. The van der Waals surface area contributed by atoms with Crippen molar-refractivity contribution in [3.63, 3.8) is 0 Å². The summed E-state index contributed by atoms with van der Waals surface area (Å²) in [6.45, 7) is 1.85. The van der Waals surface area contributed by atoms with Crippen LogP contribution in [0.25, 0.3) is 17.1 Å². The molecule has 0 saturated carbocycles. The standard InChI is InChI=1S/C22H19N5O2S/c1-16-12-13-19(29-16)14-23-24-20(28)15-30-22-26-25-21(17-8-4-2-5-9-17)27(22)18-10-6-3-7-11-18/h2-14H,15H2,1H3,(H,24,28). The van der Waals surface area contributed by atoms with Crippen LogP contribution in [0.15, 0.2) is 87.5 Å². The highest BCUT2D eigenvalue weighted by Gasteiger charge is 2.16. The summed E-state index contributed by atoms with van der Waals surface area (Å²) in [4.78, 5) is 12.2. The van der Waals surface area contributed by atoms with E-state index in [-0.39, 0.29) is 11.7 Å². The molecule has 0 aliphatic carbocycles. The molecule has 0 bridgehead atoms. The number of para-hydroxylation sites is 1. The number of nitrogens with one attached hydrogen (secondary N) is 1. The average molecular weight is 417 g/mol. The van der Waals surface area contributed by atoms with Crippen molar-refractivity contribution in [2.24, 2.45) is 5.10 Å². The summed E-state index contributed by atoms with van der Waals surface area (Å²) >= 11 is 1.30. The second-order valence-electron chi connectivity index (χ2n) is 6.37. The quantitative estimate of drug-likeness (QED) is 0.278. The maximum Gasteiger partial charge on any atom is 0.250 e. The number of aromatic nitrogens is 3. The SMILES string of the molecule is Cc1ccc(C=NNC(=O)CSc2nnc(-c3ccccc3)n2-c2ccccc2)o1. The number of furan rings is 1. The predicted octanol–water partition coefficient (Wildman–Crippen LogP) is 4.08. The number of hydrogen-bond donors (Lipinski definition) is 1. The van der Waals surface area contributed by atoms with Crippen LogP contribution < -0.4 is 5.43 Å². The molecule has 8 heteroatoms. The summed E-state index contributed by atoms with van der Waals surface area (Å²) in [5, 5.41) is 13.2. The van der Waals surface area contributed by atoms with Gasteiger partial charge in [0.2, 0.25) is 0 Å². The molecule has 1 amide bonds. The number of carbonyl (C=O) groups is 1. The van der Waals surface area contributed by atoms with Crippen molar-refractivity contribution in [1.82, 2.24) is 20.2 Å². The van der Waals surface area contributed by atoms with Crippen LogP contribution in [0, 0.1) is 6.92 Å². The minimum absolute atomic E-state index is 0.147. The molecule has 4 rings (SSSR count). The fourth-order valence-electron chi connectivity index (χ4n) is 2.80. The maximum absolute atomic E-state index is 12.2.